The number of hydrogen-bond donors (Lipinski definition) is 2. The summed E-state index contributed by atoms with van der Waals surface area (Å²) in [6.45, 7) is 8.17. The van der Waals surface area contributed by atoms with Gasteiger partial charge < -0.3 is 10.8 Å². The minimum atomic E-state index is -0.745. The number of carbonyl (C=O) groups excluding carboxylic acids is 1. The van der Waals surface area contributed by atoms with Crippen molar-refractivity contribution in [3.05, 3.63) is 0 Å². The largest absolute Gasteiger partial charge is 0.481 e. The summed E-state index contributed by atoms with van der Waals surface area (Å²) in [5.74, 6) is -0.368. The van der Waals surface area contributed by atoms with Crippen molar-refractivity contribution >= 4 is 11.8 Å². The van der Waals surface area contributed by atoms with E-state index in [2.05, 4.69) is 0 Å². The van der Waals surface area contributed by atoms with Crippen LogP contribution in [-0.4, -0.2) is 23.4 Å². The minimum Gasteiger partial charge on any atom is -0.481 e. The van der Waals surface area contributed by atoms with Gasteiger partial charge in [-0.2, -0.15) is 0 Å². The molecule has 0 rings (SSSR count). The highest BCUT2D eigenvalue weighted by molar-refractivity contribution is 5.77. The van der Waals surface area contributed by atoms with E-state index in [-0.39, 0.29) is 6.42 Å². The Morgan fingerprint density at radius 1 is 1.07 bits per heavy atom. The summed E-state index contributed by atoms with van der Waals surface area (Å²) in [5.41, 5.74) is 4.85. The third kappa shape index (κ3) is 43.4. The predicted octanol–water partition coefficient (Wildman–Crippen LogP) is 2.21. The first-order chi connectivity index (χ1) is 6.99. The average Bonchev–Trinajstić information content (AvgIpc) is 2.20. The van der Waals surface area contributed by atoms with Crippen LogP contribution < -0.4 is 5.73 Å². The van der Waals surface area contributed by atoms with E-state index in [1.54, 1.807) is 6.92 Å². The number of ketones is 1. The van der Waals surface area contributed by atoms with Gasteiger partial charge in [0.15, 0.2) is 0 Å². The van der Waals surface area contributed by atoms with Gasteiger partial charge >= 0.3 is 5.97 Å². The fraction of sp³-hybridized carbons (Fsp3) is 0.818. The van der Waals surface area contributed by atoms with Gasteiger partial charge in [0.05, 0.1) is 0 Å². The molecule has 0 aliphatic carbocycles. The number of aliphatic carboxylic acids is 1. The van der Waals surface area contributed by atoms with E-state index in [0.29, 0.717) is 12.2 Å². The number of hydrogen-bond acceptors (Lipinski definition) is 3. The lowest BCUT2D eigenvalue weighted by Crippen LogP contribution is -1.91. The van der Waals surface area contributed by atoms with Gasteiger partial charge in [-0.1, -0.05) is 27.7 Å². The van der Waals surface area contributed by atoms with E-state index in [0.717, 1.165) is 19.4 Å². The Balaban J connectivity index is -0.000000158. The maximum Gasteiger partial charge on any atom is 0.303 e. The van der Waals surface area contributed by atoms with Crippen molar-refractivity contribution in [3.63, 3.8) is 0 Å². The van der Waals surface area contributed by atoms with Crippen LogP contribution in [-0.2, 0) is 9.59 Å². The molecule has 0 fully saturated rings. The monoisotopic (exact) mass is 219 g/mol. The van der Waals surface area contributed by atoms with Gasteiger partial charge in [0.25, 0.3) is 0 Å². The number of carbonyl (C=O) groups is 2. The SMILES string of the molecule is CCC(=O)O.CCCC(=O)CC.CCN. The fourth-order valence-electron chi connectivity index (χ4n) is 0.456. The van der Waals surface area contributed by atoms with E-state index < -0.39 is 5.97 Å². The van der Waals surface area contributed by atoms with Gasteiger partial charge in [-0.25, -0.2) is 0 Å². The number of carboxylic acid groups (broad SMARTS) is 1. The van der Waals surface area contributed by atoms with Gasteiger partial charge in [0.2, 0.25) is 0 Å². The standard InChI is InChI=1S/C6H12O.C3H6O2.C2H7N/c1-3-5-6(7)4-2;1-2-3(4)5;1-2-3/h3-5H2,1-2H3;2H2,1H3,(H,4,5);2-3H2,1H3. The molecule has 0 aromatic rings. The molecule has 3 N–H and O–H groups in total. The van der Waals surface area contributed by atoms with Crippen LogP contribution >= 0.6 is 0 Å². The highest BCUT2D eigenvalue weighted by Crippen LogP contribution is 1.90. The number of carboxylic acids is 1. The molecule has 92 valence electrons. The summed E-state index contributed by atoms with van der Waals surface area (Å²) in [4.78, 5) is 19.8. The predicted molar refractivity (Wildman–Crippen MR) is 62.9 cm³/mol. The van der Waals surface area contributed by atoms with Crippen molar-refractivity contribution < 1.29 is 14.7 Å². The molecule has 0 bridgehead atoms. The van der Waals surface area contributed by atoms with Gasteiger partial charge in [-0.15, -0.1) is 0 Å². The summed E-state index contributed by atoms with van der Waals surface area (Å²) in [6, 6.07) is 0. The molecule has 0 heterocycles. The molecule has 0 unspecified atom stereocenters. The highest BCUT2D eigenvalue weighted by atomic mass is 16.4. The smallest absolute Gasteiger partial charge is 0.303 e. The van der Waals surface area contributed by atoms with Gasteiger partial charge in [0, 0.05) is 19.3 Å². The van der Waals surface area contributed by atoms with Crippen molar-refractivity contribution in [2.24, 2.45) is 5.73 Å². The maximum atomic E-state index is 10.4. The number of rotatable bonds is 4. The maximum absolute atomic E-state index is 10.4. The van der Waals surface area contributed by atoms with Gasteiger partial charge in [0.1, 0.15) is 5.78 Å². The van der Waals surface area contributed by atoms with Crippen molar-refractivity contribution in [1.29, 1.82) is 0 Å². The second-order valence-corrected chi connectivity index (χ2v) is 2.80. The van der Waals surface area contributed by atoms with Crippen molar-refractivity contribution in [1.82, 2.24) is 0 Å². The molecule has 0 amide bonds. The van der Waals surface area contributed by atoms with Crippen LogP contribution in [0.3, 0.4) is 0 Å². The molecule has 0 atom stereocenters. The molecule has 0 aliphatic heterocycles. The summed E-state index contributed by atoms with van der Waals surface area (Å²) in [6.07, 6.45) is 2.68. The zero-order valence-corrected chi connectivity index (χ0v) is 10.4. The van der Waals surface area contributed by atoms with Gasteiger partial charge in [-0.3, -0.25) is 9.59 Å². The quantitative estimate of drug-likeness (QED) is 0.759. The van der Waals surface area contributed by atoms with E-state index in [9.17, 15) is 9.59 Å². The Hall–Kier alpha value is -0.900. The molecular formula is C11H25NO3. The van der Waals surface area contributed by atoms with Crippen LogP contribution in [0.15, 0.2) is 0 Å². The fourth-order valence-corrected chi connectivity index (χ4v) is 0.456. The summed E-state index contributed by atoms with van der Waals surface area (Å²) >= 11 is 0. The van der Waals surface area contributed by atoms with Crippen LogP contribution in [0.4, 0.5) is 0 Å². The molecule has 15 heavy (non-hydrogen) atoms. The Labute approximate surface area is 92.9 Å². The molecule has 4 nitrogen and oxygen atoms in total. The first-order valence-corrected chi connectivity index (χ1v) is 5.43. The average molecular weight is 219 g/mol. The topological polar surface area (TPSA) is 80.4 Å². The highest BCUT2D eigenvalue weighted by Gasteiger charge is 1.91. The van der Waals surface area contributed by atoms with Crippen molar-refractivity contribution in [2.45, 2.75) is 53.4 Å². The first kappa shape index (κ1) is 19.6. The summed E-state index contributed by atoms with van der Waals surface area (Å²) < 4.78 is 0. The Morgan fingerprint density at radius 2 is 1.40 bits per heavy atom. The van der Waals surface area contributed by atoms with E-state index >= 15 is 0 Å². The minimum absolute atomic E-state index is 0.222. The van der Waals surface area contributed by atoms with E-state index in [1.165, 1.54) is 0 Å². The Bertz CT molecular complexity index is 147. The van der Waals surface area contributed by atoms with Crippen LogP contribution in [0, 0.1) is 0 Å². The van der Waals surface area contributed by atoms with Crippen LogP contribution in [0.1, 0.15) is 53.4 Å². The molecule has 0 saturated carbocycles. The third-order valence-electron chi connectivity index (χ3n) is 1.23. The molecule has 0 spiro atoms. The zero-order chi connectivity index (χ0) is 12.7. The first-order valence-electron chi connectivity index (χ1n) is 5.43. The Kier molecular flexibility index (Phi) is 24.6. The molecule has 4 heteroatoms. The lowest BCUT2D eigenvalue weighted by atomic mass is 10.2. The molecule has 0 aromatic carbocycles. The van der Waals surface area contributed by atoms with E-state index in [1.807, 2.05) is 20.8 Å². The number of nitrogens with two attached hydrogens (primary N) is 1. The molecule has 0 aliphatic rings. The van der Waals surface area contributed by atoms with Gasteiger partial charge in [-0.05, 0) is 13.0 Å². The zero-order valence-electron chi connectivity index (χ0n) is 10.4. The summed E-state index contributed by atoms with van der Waals surface area (Å²) in [7, 11) is 0. The Morgan fingerprint density at radius 3 is 1.47 bits per heavy atom. The van der Waals surface area contributed by atoms with Crippen LogP contribution in [0.5, 0.6) is 0 Å². The summed E-state index contributed by atoms with van der Waals surface area (Å²) in [5, 5.41) is 7.72. The normalized spacial score (nSPS) is 7.80. The molecule has 0 saturated heterocycles. The van der Waals surface area contributed by atoms with E-state index in [4.69, 9.17) is 10.8 Å². The molecule has 0 aromatic heterocycles. The van der Waals surface area contributed by atoms with Crippen molar-refractivity contribution in [2.75, 3.05) is 6.54 Å². The lowest BCUT2D eigenvalue weighted by molar-refractivity contribution is -0.136. The second-order valence-electron chi connectivity index (χ2n) is 2.80. The van der Waals surface area contributed by atoms with Crippen LogP contribution in [0.25, 0.3) is 0 Å². The van der Waals surface area contributed by atoms with Crippen LogP contribution in [0.2, 0.25) is 0 Å². The second kappa shape index (κ2) is 18.8. The number of Topliss-reactive ketones (excluding diaryl/α,β-unsaturated/α-hetero) is 1. The lowest BCUT2D eigenvalue weighted by Gasteiger charge is -1.87. The third-order valence-corrected chi connectivity index (χ3v) is 1.23. The van der Waals surface area contributed by atoms with Crippen molar-refractivity contribution in [3.8, 4) is 0 Å². The molecule has 0 radical (unpaired) electrons. The molecular weight excluding hydrogens is 194 g/mol.